The van der Waals surface area contributed by atoms with Crippen LogP contribution in [0.1, 0.15) is 21.7 Å². The molecule has 0 aliphatic carbocycles. The van der Waals surface area contributed by atoms with E-state index >= 15 is 0 Å². The molecule has 172 valence electrons. The van der Waals surface area contributed by atoms with Gasteiger partial charge in [0.2, 0.25) is 10.0 Å². The van der Waals surface area contributed by atoms with Crippen LogP contribution < -0.4 is 4.90 Å². The van der Waals surface area contributed by atoms with Crippen molar-refractivity contribution in [1.82, 2.24) is 14.3 Å². The van der Waals surface area contributed by atoms with Gasteiger partial charge in [0.1, 0.15) is 0 Å². The van der Waals surface area contributed by atoms with Crippen LogP contribution in [0, 0.1) is 11.3 Å². The third-order valence-corrected chi connectivity index (χ3v) is 8.81. The number of aromatic amines is 1. The number of thiophene rings is 1. The van der Waals surface area contributed by atoms with Crippen LogP contribution >= 0.6 is 11.3 Å². The van der Waals surface area contributed by atoms with Crippen LogP contribution in [-0.2, 0) is 29.5 Å². The van der Waals surface area contributed by atoms with Crippen molar-refractivity contribution in [1.29, 1.82) is 5.26 Å². The summed E-state index contributed by atoms with van der Waals surface area (Å²) >= 11 is 1.63. The molecule has 0 amide bonds. The minimum Gasteiger partial charge on any atom is -0.364 e. The second-order valence-electron chi connectivity index (χ2n) is 8.21. The van der Waals surface area contributed by atoms with E-state index in [0.717, 1.165) is 21.8 Å². The average Bonchev–Trinajstić information content (AvgIpc) is 3.54. The maximum Gasteiger partial charge on any atom is 0.243 e. The smallest absolute Gasteiger partial charge is 0.243 e. The van der Waals surface area contributed by atoms with Crippen molar-refractivity contribution >= 4 is 27.0 Å². The summed E-state index contributed by atoms with van der Waals surface area (Å²) in [4.78, 5) is 10.9. The van der Waals surface area contributed by atoms with Crippen LogP contribution in [0.2, 0.25) is 0 Å². The van der Waals surface area contributed by atoms with Crippen molar-refractivity contribution in [2.24, 2.45) is 0 Å². The van der Waals surface area contributed by atoms with E-state index in [9.17, 15) is 13.7 Å². The predicted octanol–water partition coefficient (Wildman–Crippen LogP) is 4.17. The van der Waals surface area contributed by atoms with Crippen LogP contribution in [0.25, 0.3) is 0 Å². The van der Waals surface area contributed by atoms with Gasteiger partial charge in [-0.05, 0) is 47.3 Å². The number of nitrogens with one attached hydrogen (secondary N) is 1. The highest BCUT2D eigenvalue weighted by atomic mass is 32.2. The van der Waals surface area contributed by atoms with Crippen molar-refractivity contribution in [2.45, 2.75) is 30.4 Å². The molecule has 4 aromatic rings. The van der Waals surface area contributed by atoms with E-state index < -0.39 is 10.0 Å². The average molecular weight is 490 g/mol. The van der Waals surface area contributed by atoms with Gasteiger partial charge in [0.25, 0.3) is 0 Å². The zero-order chi connectivity index (χ0) is 23.5. The Bertz CT molecular complexity index is 1400. The lowest BCUT2D eigenvalue weighted by atomic mass is 10.1. The van der Waals surface area contributed by atoms with E-state index in [4.69, 9.17) is 0 Å². The van der Waals surface area contributed by atoms with Crippen LogP contribution in [0.5, 0.6) is 0 Å². The molecule has 2 aromatic heterocycles. The molecule has 7 nitrogen and oxygen atoms in total. The first-order chi connectivity index (χ1) is 16.5. The lowest BCUT2D eigenvalue weighted by molar-refractivity contribution is 0.319. The maximum absolute atomic E-state index is 13.9. The Hall–Kier alpha value is -3.45. The molecule has 0 spiro atoms. The molecule has 9 heteroatoms. The van der Waals surface area contributed by atoms with E-state index in [1.807, 2.05) is 29.6 Å². The Kier molecular flexibility index (Phi) is 6.20. The number of nitrogens with zero attached hydrogens (tertiary/aromatic N) is 4. The monoisotopic (exact) mass is 489 g/mol. The molecule has 1 atom stereocenters. The molecule has 1 N–H and O–H groups in total. The van der Waals surface area contributed by atoms with Gasteiger partial charge in [-0.1, -0.05) is 24.3 Å². The van der Waals surface area contributed by atoms with Crippen LogP contribution in [0.3, 0.4) is 0 Å². The molecule has 0 saturated heterocycles. The highest BCUT2D eigenvalue weighted by Gasteiger charge is 2.36. The van der Waals surface area contributed by atoms with E-state index in [1.54, 1.807) is 64.6 Å². The number of anilines is 1. The molecule has 34 heavy (non-hydrogen) atoms. The van der Waals surface area contributed by atoms with Crippen LogP contribution in [-0.4, -0.2) is 35.3 Å². The highest BCUT2D eigenvalue weighted by Crippen LogP contribution is 2.34. The van der Waals surface area contributed by atoms with E-state index in [0.29, 0.717) is 25.1 Å². The quantitative estimate of drug-likeness (QED) is 0.439. The number of hydrogen-bond acceptors (Lipinski definition) is 6. The van der Waals surface area contributed by atoms with Gasteiger partial charge < -0.3 is 9.88 Å². The molecule has 0 radical (unpaired) electrons. The molecule has 0 bridgehead atoms. The van der Waals surface area contributed by atoms with Crippen molar-refractivity contribution in [3.8, 4) is 6.07 Å². The fourth-order valence-corrected chi connectivity index (χ4v) is 6.79. The van der Waals surface area contributed by atoms with Gasteiger partial charge in [0.05, 0.1) is 35.1 Å². The topological polar surface area (TPSA) is 93.1 Å². The summed E-state index contributed by atoms with van der Waals surface area (Å²) in [5, 5.41) is 11.5. The normalized spacial score (nSPS) is 16.6. The third kappa shape index (κ3) is 4.48. The molecule has 1 aliphatic rings. The first-order valence-electron chi connectivity index (χ1n) is 10.9. The van der Waals surface area contributed by atoms with Crippen molar-refractivity contribution in [3.63, 3.8) is 0 Å². The second-order valence-corrected chi connectivity index (χ2v) is 11.1. The molecule has 0 fully saturated rings. The number of hydrogen-bond donors (Lipinski definition) is 1. The number of imidazole rings is 1. The number of aromatic nitrogens is 2. The van der Waals surface area contributed by atoms with E-state index in [2.05, 4.69) is 20.9 Å². The zero-order valence-corrected chi connectivity index (χ0v) is 20.0. The van der Waals surface area contributed by atoms with Gasteiger partial charge in [0, 0.05) is 42.3 Å². The largest absolute Gasteiger partial charge is 0.364 e. The van der Waals surface area contributed by atoms with E-state index in [-0.39, 0.29) is 17.5 Å². The van der Waals surface area contributed by atoms with Crippen molar-refractivity contribution in [2.75, 3.05) is 11.4 Å². The van der Waals surface area contributed by atoms with Crippen molar-refractivity contribution in [3.05, 3.63) is 100 Å². The van der Waals surface area contributed by atoms with Gasteiger partial charge in [-0.25, -0.2) is 13.4 Å². The molecule has 5 rings (SSSR count). The third-order valence-electron chi connectivity index (χ3n) is 6.00. The fraction of sp³-hybridized carbons (Fsp3) is 0.200. The Labute approximate surface area is 203 Å². The van der Waals surface area contributed by atoms with Gasteiger partial charge in [-0.2, -0.15) is 9.57 Å². The Morgan fingerprint density at radius 1 is 1.15 bits per heavy atom. The van der Waals surface area contributed by atoms with Crippen LogP contribution in [0.4, 0.5) is 5.69 Å². The fourth-order valence-electron chi connectivity index (χ4n) is 4.39. The minimum absolute atomic E-state index is 0.192. The van der Waals surface area contributed by atoms with Gasteiger partial charge in [-0.15, -0.1) is 11.3 Å². The number of nitriles is 1. The standard InChI is InChI=1S/C25H23N5O2S2/c26-13-19-8-9-25-20(11-19)15-30(34(31,32)24-6-2-1-3-7-24)22(12-23-5-4-10-33-23)17-29(25)16-21-14-27-18-28-21/h1-11,14,18,22H,12,15-17H2,(H,27,28)/t22-/m1/s1. The summed E-state index contributed by atoms with van der Waals surface area (Å²) in [6.07, 6.45) is 4.02. The van der Waals surface area contributed by atoms with Gasteiger partial charge in [-0.3, -0.25) is 0 Å². The molecule has 0 saturated carbocycles. The number of sulfonamides is 1. The number of benzene rings is 2. The van der Waals surface area contributed by atoms with Gasteiger partial charge in [0.15, 0.2) is 0 Å². The summed E-state index contributed by atoms with van der Waals surface area (Å²) < 4.78 is 29.4. The highest BCUT2D eigenvalue weighted by molar-refractivity contribution is 7.89. The zero-order valence-electron chi connectivity index (χ0n) is 18.3. The Morgan fingerprint density at radius 2 is 2.00 bits per heavy atom. The lowest BCUT2D eigenvalue weighted by Crippen LogP contribution is -2.45. The number of H-pyrrole nitrogens is 1. The SMILES string of the molecule is N#Cc1ccc2c(c1)CN(S(=O)(=O)c1ccccc1)[C@H](Cc1cccs1)CN2Cc1cnc[nH]1. The molecule has 1 aliphatic heterocycles. The maximum atomic E-state index is 13.9. The molecule has 2 aromatic carbocycles. The lowest BCUT2D eigenvalue weighted by Gasteiger charge is -2.31. The van der Waals surface area contributed by atoms with Crippen LogP contribution in [0.15, 0.2) is 83.5 Å². The second kappa shape index (κ2) is 9.43. The number of fused-ring (bicyclic) bond motifs is 1. The predicted molar refractivity (Wildman–Crippen MR) is 132 cm³/mol. The summed E-state index contributed by atoms with van der Waals surface area (Å²) in [5.74, 6) is 0. The first-order valence-corrected chi connectivity index (χ1v) is 13.2. The van der Waals surface area contributed by atoms with E-state index in [1.165, 1.54) is 0 Å². The molecule has 3 heterocycles. The minimum atomic E-state index is -3.78. The van der Waals surface area contributed by atoms with Crippen molar-refractivity contribution < 1.29 is 8.42 Å². The summed E-state index contributed by atoms with van der Waals surface area (Å²) in [6.45, 7) is 1.25. The Morgan fingerprint density at radius 3 is 2.71 bits per heavy atom. The molecular weight excluding hydrogens is 466 g/mol. The Balaban J connectivity index is 1.62. The van der Waals surface area contributed by atoms with Gasteiger partial charge >= 0.3 is 0 Å². The summed E-state index contributed by atoms with van der Waals surface area (Å²) in [7, 11) is -3.78. The molecular formula is C25H23N5O2S2. The first kappa shape index (κ1) is 22.3. The molecule has 0 unspecified atom stereocenters. The number of rotatable bonds is 6. The summed E-state index contributed by atoms with van der Waals surface area (Å²) in [6, 6.07) is 20.0. The summed E-state index contributed by atoms with van der Waals surface area (Å²) in [5.41, 5.74) is 3.18.